The van der Waals surface area contributed by atoms with Crippen molar-refractivity contribution in [3.8, 4) is 0 Å². The Morgan fingerprint density at radius 1 is 1.32 bits per heavy atom. The fraction of sp³-hybridized carbons (Fsp3) is 0.600. The second kappa shape index (κ2) is 5.78. The lowest BCUT2D eigenvalue weighted by Gasteiger charge is -2.35. The van der Waals surface area contributed by atoms with E-state index in [1.807, 2.05) is 6.07 Å². The molecule has 104 valence electrons. The molecule has 1 aliphatic carbocycles. The number of piperazine rings is 1. The van der Waals surface area contributed by atoms with Gasteiger partial charge in [0.2, 0.25) is 0 Å². The van der Waals surface area contributed by atoms with E-state index in [0.29, 0.717) is 5.02 Å². The number of nitrogens with zero attached hydrogens (tertiary/aromatic N) is 1. The zero-order chi connectivity index (χ0) is 13.2. The largest absolute Gasteiger partial charge is 0.314 e. The number of halogens is 2. The summed E-state index contributed by atoms with van der Waals surface area (Å²) >= 11 is 6.05. The minimum atomic E-state index is -0.117. The predicted octanol–water partition coefficient (Wildman–Crippen LogP) is 3.23. The highest BCUT2D eigenvalue weighted by molar-refractivity contribution is 6.30. The van der Waals surface area contributed by atoms with Crippen LogP contribution in [0.25, 0.3) is 0 Å². The highest BCUT2D eigenvalue weighted by atomic mass is 35.5. The van der Waals surface area contributed by atoms with Crippen LogP contribution in [0.4, 0.5) is 4.39 Å². The summed E-state index contributed by atoms with van der Waals surface area (Å²) in [5.74, 6) is 0.659. The van der Waals surface area contributed by atoms with Gasteiger partial charge in [-0.3, -0.25) is 4.90 Å². The normalized spacial score (nSPS) is 22.4. The van der Waals surface area contributed by atoms with Crippen LogP contribution in [0.3, 0.4) is 0 Å². The molecule has 2 aliphatic rings. The van der Waals surface area contributed by atoms with Crippen LogP contribution in [0.2, 0.25) is 5.02 Å². The molecule has 1 aliphatic heterocycles. The van der Waals surface area contributed by atoms with Crippen LogP contribution in [0.5, 0.6) is 0 Å². The Morgan fingerprint density at radius 2 is 2.05 bits per heavy atom. The average molecular weight is 283 g/mol. The summed E-state index contributed by atoms with van der Waals surface area (Å²) in [5, 5.41) is 3.99. The van der Waals surface area contributed by atoms with Gasteiger partial charge in [-0.1, -0.05) is 24.4 Å². The van der Waals surface area contributed by atoms with E-state index in [1.165, 1.54) is 18.9 Å². The Labute approximate surface area is 118 Å². The fourth-order valence-electron chi connectivity index (χ4n) is 2.91. The molecule has 19 heavy (non-hydrogen) atoms. The molecule has 0 spiro atoms. The van der Waals surface area contributed by atoms with Crippen molar-refractivity contribution in [2.24, 2.45) is 5.92 Å². The predicted molar refractivity (Wildman–Crippen MR) is 75.9 cm³/mol. The van der Waals surface area contributed by atoms with Crippen molar-refractivity contribution in [2.75, 3.05) is 26.2 Å². The van der Waals surface area contributed by atoms with Crippen LogP contribution in [0.15, 0.2) is 18.2 Å². The lowest BCUT2D eigenvalue weighted by atomic mass is 9.98. The monoisotopic (exact) mass is 282 g/mol. The van der Waals surface area contributed by atoms with Crippen molar-refractivity contribution in [1.29, 1.82) is 0 Å². The third kappa shape index (κ3) is 3.28. The van der Waals surface area contributed by atoms with Crippen molar-refractivity contribution < 1.29 is 4.39 Å². The van der Waals surface area contributed by atoms with Gasteiger partial charge >= 0.3 is 0 Å². The van der Waals surface area contributed by atoms with Crippen LogP contribution in [-0.2, 0) is 0 Å². The first kappa shape index (κ1) is 13.3. The summed E-state index contributed by atoms with van der Waals surface area (Å²) in [5.41, 5.74) is 0.779. The molecule has 1 heterocycles. The Kier molecular flexibility index (Phi) is 4.06. The third-order valence-corrected chi connectivity index (χ3v) is 4.40. The lowest BCUT2D eigenvalue weighted by Crippen LogP contribution is -2.45. The van der Waals surface area contributed by atoms with E-state index in [4.69, 9.17) is 11.6 Å². The molecule has 1 atom stereocenters. The van der Waals surface area contributed by atoms with Crippen molar-refractivity contribution >= 4 is 11.6 Å². The van der Waals surface area contributed by atoms with Gasteiger partial charge in [-0.05, 0) is 30.5 Å². The molecule has 0 bridgehead atoms. The van der Waals surface area contributed by atoms with Crippen molar-refractivity contribution in [3.63, 3.8) is 0 Å². The summed E-state index contributed by atoms with van der Waals surface area (Å²) < 4.78 is 14.1. The molecule has 2 nitrogen and oxygen atoms in total. The zero-order valence-electron chi connectivity index (χ0n) is 11.0. The number of hydrogen-bond donors (Lipinski definition) is 1. The smallest absolute Gasteiger partial charge is 0.128 e. The Balaban J connectivity index is 1.85. The quantitative estimate of drug-likeness (QED) is 0.912. The standard InChI is InChI=1S/C15H20ClFN2/c16-12-3-4-14(17)13(10-12)15(9-11-1-2-11)19-7-5-18-6-8-19/h3-4,10-11,15,18H,1-2,5-9H2/t15-/m0/s1. The molecule has 0 unspecified atom stereocenters. The van der Waals surface area contributed by atoms with Gasteiger partial charge in [-0.15, -0.1) is 0 Å². The van der Waals surface area contributed by atoms with Gasteiger partial charge in [-0.25, -0.2) is 4.39 Å². The first-order valence-corrected chi connectivity index (χ1v) is 7.51. The lowest BCUT2D eigenvalue weighted by molar-refractivity contribution is 0.157. The summed E-state index contributed by atoms with van der Waals surface area (Å²) in [6.45, 7) is 3.96. The fourth-order valence-corrected chi connectivity index (χ4v) is 3.09. The number of rotatable bonds is 4. The van der Waals surface area contributed by atoms with E-state index in [2.05, 4.69) is 10.2 Å². The molecule has 1 saturated heterocycles. The van der Waals surface area contributed by atoms with Crippen LogP contribution in [0, 0.1) is 11.7 Å². The van der Waals surface area contributed by atoms with Crippen LogP contribution in [-0.4, -0.2) is 31.1 Å². The molecule has 1 aromatic rings. The van der Waals surface area contributed by atoms with Crippen LogP contribution >= 0.6 is 11.6 Å². The van der Waals surface area contributed by atoms with Gasteiger partial charge in [-0.2, -0.15) is 0 Å². The molecule has 2 fully saturated rings. The molecule has 0 radical (unpaired) electrons. The molecule has 1 aromatic carbocycles. The summed E-state index contributed by atoms with van der Waals surface area (Å²) in [6.07, 6.45) is 3.66. The Bertz CT molecular complexity index is 442. The Morgan fingerprint density at radius 3 is 2.74 bits per heavy atom. The van der Waals surface area contributed by atoms with Crippen molar-refractivity contribution in [2.45, 2.75) is 25.3 Å². The summed E-state index contributed by atoms with van der Waals surface area (Å²) in [7, 11) is 0. The van der Waals surface area contributed by atoms with Gasteiger partial charge in [0.05, 0.1) is 0 Å². The molecule has 0 amide bonds. The van der Waals surface area contributed by atoms with Crippen LogP contribution in [0.1, 0.15) is 30.9 Å². The first-order chi connectivity index (χ1) is 9.24. The zero-order valence-corrected chi connectivity index (χ0v) is 11.8. The molecule has 4 heteroatoms. The van der Waals surface area contributed by atoms with Crippen molar-refractivity contribution in [1.82, 2.24) is 10.2 Å². The third-order valence-electron chi connectivity index (χ3n) is 4.16. The van der Waals surface area contributed by atoms with E-state index >= 15 is 0 Å². The SMILES string of the molecule is Fc1ccc(Cl)cc1[C@H](CC1CC1)N1CCNCC1. The molecular formula is C15H20ClFN2. The average Bonchev–Trinajstić information content (AvgIpc) is 3.24. The molecular weight excluding hydrogens is 263 g/mol. The van der Waals surface area contributed by atoms with E-state index in [9.17, 15) is 4.39 Å². The number of benzene rings is 1. The molecule has 1 saturated carbocycles. The highest BCUT2D eigenvalue weighted by Crippen LogP contribution is 2.41. The summed E-state index contributed by atoms with van der Waals surface area (Å²) in [6, 6.07) is 5.13. The molecule has 0 aromatic heterocycles. The van der Waals surface area contributed by atoms with E-state index in [1.54, 1.807) is 6.07 Å². The second-order valence-electron chi connectivity index (χ2n) is 5.65. The maximum Gasteiger partial charge on any atom is 0.128 e. The highest BCUT2D eigenvalue weighted by Gasteiger charge is 2.31. The van der Waals surface area contributed by atoms with Gasteiger partial charge in [0, 0.05) is 42.8 Å². The minimum Gasteiger partial charge on any atom is -0.314 e. The van der Waals surface area contributed by atoms with Crippen LogP contribution < -0.4 is 5.32 Å². The van der Waals surface area contributed by atoms with E-state index < -0.39 is 0 Å². The van der Waals surface area contributed by atoms with E-state index in [0.717, 1.165) is 44.1 Å². The molecule has 3 rings (SSSR count). The van der Waals surface area contributed by atoms with E-state index in [-0.39, 0.29) is 11.9 Å². The molecule has 1 N–H and O–H groups in total. The van der Waals surface area contributed by atoms with Crippen molar-refractivity contribution in [3.05, 3.63) is 34.6 Å². The topological polar surface area (TPSA) is 15.3 Å². The number of hydrogen-bond acceptors (Lipinski definition) is 2. The van der Waals surface area contributed by atoms with Gasteiger partial charge in [0.15, 0.2) is 0 Å². The Hall–Kier alpha value is -0.640. The van der Waals surface area contributed by atoms with Gasteiger partial charge in [0.25, 0.3) is 0 Å². The van der Waals surface area contributed by atoms with Gasteiger partial charge < -0.3 is 5.32 Å². The van der Waals surface area contributed by atoms with Gasteiger partial charge in [0.1, 0.15) is 5.82 Å². The summed E-state index contributed by atoms with van der Waals surface area (Å²) in [4.78, 5) is 2.41. The first-order valence-electron chi connectivity index (χ1n) is 7.14. The second-order valence-corrected chi connectivity index (χ2v) is 6.08. The number of nitrogens with one attached hydrogen (secondary N) is 1. The maximum atomic E-state index is 14.1. The maximum absolute atomic E-state index is 14.1. The minimum absolute atomic E-state index is 0.117.